The molecule has 72 valence electrons. The first kappa shape index (κ1) is 12.0. The Balaban J connectivity index is 4.39. The zero-order valence-corrected chi connectivity index (χ0v) is 8.63. The van der Waals surface area contributed by atoms with Gasteiger partial charge in [-0.25, -0.2) is 0 Å². The summed E-state index contributed by atoms with van der Waals surface area (Å²) in [4.78, 5) is 8.98. The van der Waals surface area contributed by atoms with Crippen molar-refractivity contribution in [2.75, 3.05) is 13.2 Å². The molecule has 0 aromatic heterocycles. The zero-order chi connectivity index (χ0) is 9.61. The van der Waals surface area contributed by atoms with Crippen molar-refractivity contribution in [1.29, 1.82) is 0 Å². The lowest BCUT2D eigenvalue weighted by Crippen LogP contribution is -2.31. The lowest BCUT2D eigenvalue weighted by Gasteiger charge is -2.18. The molecule has 12 heavy (non-hydrogen) atoms. The first-order chi connectivity index (χ1) is 5.63. The largest absolute Gasteiger partial charge is 0.573 e. The van der Waals surface area contributed by atoms with Crippen LogP contribution in [0, 0.1) is 0 Å². The first-order valence-corrected chi connectivity index (χ1v) is 5.28. The molecule has 0 aromatic carbocycles. The average Bonchev–Trinajstić information content (AvgIpc) is 2.03. The summed E-state index contributed by atoms with van der Waals surface area (Å²) >= 11 is 0. The van der Waals surface area contributed by atoms with Gasteiger partial charge < -0.3 is 9.47 Å². The van der Waals surface area contributed by atoms with E-state index < -0.39 is 13.6 Å². The summed E-state index contributed by atoms with van der Waals surface area (Å²) in [5.41, 5.74) is -1.29. The first-order valence-electron chi connectivity index (χ1n) is 4.07. The van der Waals surface area contributed by atoms with E-state index in [0.29, 0.717) is 19.6 Å². The Bertz CT molecular complexity index is 142. The molecular weight excluding hydrogens is 179 g/mol. The van der Waals surface area contributed by atoms with Gasteiger partial charge in [-0.1, -0.05) is 6.92 Å². The molecule has 0 radical (unpaired) electrons. The number of rotatable bonds is 6. The second-order valence-electron chi connectivity index (χ2n) is 2.21. The molecule has 5 heteroatoms. The molecule has 1 atom stereocenters. The normalized spacial score (nSPS) is 13.2. The van der Waals surface area contributed by atoms with Crippen LogP contribution < -0.4 is 0 Å². The summed E-state index contributed by atoms with van der Waals surface area (Å²) in [5.74, 6) is 0. The van der Waals surface area contributed by atoms with Crippen molar-refractivity contribution >= 4 is 8.03 Å². The summed E-state index contributed by atoms with van der Waals surface area (Å²) in [6.07, 6.45) is 0.375. The molecule has 0 aliphatic carbocycles. The van der Waals surface area contributed by atoms with Crippen molar-refractivity contribution in [3.63, 3.8) is 0 Å². The summed E-state index contributed by atoms with van der Waals surface area (Å²) in [6, 6.07) is 0. The van der Waals surface area contributed by atoms with Gasteiger partial charge in [-0.3, -0.25) is 0 Å². The number of hydrogen-bond acceptors (Lipinski definition) is 3. The topological polar surface area (TPSA) is 55.8 Å². The fraction of sp³-hybridized carbons (Fsp3) is 1.00. The van der Waals surface area contributed by atoms with Gasteiger partial charge in [0, 0.05) is 0 Å². The highest BCUT2D eigenvalue weighted by Gasteiger charge is 2.50. The number of ether oxygens (including phenoxy) is 2. The van der Waals surface area contributed by atoms with Crippen molar-refractivity contribution in [2.45, 2.75) is 32.7 Å². The highest BCUT2D eigenvalue weighted by molar-refractivity contribution is 7.39. The minimum absolute atomic E-state index is 0.371. The molecule has 0 aromatic rings. The summed E-state index contributed by atoms with van der Waals surface area (Å²) in [5, 5.41) is 0. The molecule has 0 bridgehead atoms. The summed E-state index contributed by atoms with van der Waals surface area (Å²) < 4.78 is 21.2. The molecule has 0 aliphatic heterocycles. The van der Waals surface area contributed by atoms with Crippen LogP contribution in [0.3, 0.4) is 0 Å². The van der Waals surface area contributed by atoms with Gasteiger partial charge in [-0.15, -0.1) is 0 Å². The molecular formula is C7H16O4P+. The maximum absolute atomic E-state index is 10.9. The van der Waals surface area contributed by atoms with Crippen molar-refractivity contribution in [2.24, 2.45) is 0 Å². The Kier molecular flexibility index (Phi) is 5.59. The van der Waals surface area contributed by atoms with E-state index in [1.165, 1.54) is 0 Å². The molecule has 0 fully saturated rings. The highest BCUT2D eigenvalue weighted by Crippen LogP contribution is 2.40. The van der Waals surface area contributed by atoms with Crippen molar-refractivity contribution in [1.82, 2.24) is 0 Å². The third-order valence-electron chi connectivity index (χ3n) is 1.48. The van der Waals surface area contributed by atoms with Crippen molar-refractivity contribution < 1.29 is 18.9 Å². The van der Waals surface area contributed by atoms with Crippen LogP contribution in [-0.2, 0) is 14.0 Å². The average molecular weight is 195 g/mol. The molecule has 0 heterocycles. The minimum atomic E-state index is -2.45. The highest BCUT2D eigenvalue weighted by atomic mass is 31.1. The van der Waals surface area contributed by atoms with E-state index in [9.17, 15) is 4.57 Å². The van der Waals surface area contributed by atoms with E-state index in [0.717, 1.165) is 0 Å². The zero-order valence-electron chi connectivity index (χ0n) is 7.74. The molecule has 0 saturated heterocycles. The standard InChI is InChI=1S/C7H15O4P/c1-4-7(10-5-2,11-6-3)12(8)9/h4-6H2,1-3H3/p+1. The van der Waals surface area contributed by atoms with Gasteiger partial charge in [-0.2, -0.15) is 4.89 Å². The van der Waals surface area contributed by atoms with Gasteiger partial charge in [0.25, 0.3) is 0 Å². The van der Waals surface area contributed by atoms with Crippen LogP contribution in [0.4, 0.5) is 0 Å². The summed E-state index contributed by atoms with van der Waals surface area (Å²) in [6.45, 7) is 6.03. The maximum Gasteiger partial charge on any atom is 0.573 e. The number of hydrogen-bond donors (Lipinski definition) is 1. The van der Waals surface area contributed by atoms with Gasteiger partial charge in [0.2, 0.25) is 0 Å². The Hall–Kier alpha value is -0.0200. The SMILES string of the molecule is CCOC(CC)(OCC)[P+](=O)O. The second-order valence-corrected chi connectivity index (χ2v) is 3.43. The Labute approximate surface area is 73.7 Å². The third kappa shape index (κ3) is 2.79. The molecule has 1 unspecified atom stereocenters. The second kappa shape index (κ2) is 5.60. The van der Waals surface area contributed by atoms with E-state index >= 15 is 0 Å². The Morgan fingerprint density at radius 3 is 1.83 bits per heavy atom. The monoisotopic (exact) mass is 195 g/mol. The van der Waals surface area contributed by atoms with Crippen LogP contribution in [0.1, 0.15) is 27.2 Å². The predicted octanol–water partition coefficient (Wildman–Crippen LogP) is 1.86. The van der Waals surface area contributed by atoms with E-state index in [2.05, 4.69) is 0 Å². The molecule has 0 saturated carbocycles. The summed E-state index contributed by atoms with van der Waals surface area (Å²) in [7, 11) is -2.45. The quantitative estimate of drug-likeness (QED) is 0.519. The molecule has 4 nitrogen and oxygen atoms in total. The van der Waals surface area contributed by atoms with E-state index in [-0.39, 0.29) is 0 Å². The Morgan fingerprint density at radius 2 is 1.67 bits per heavy atom. The predicted molar refractivity (Wildman–Crippen MR) is 46.1 cm³/mol. The van der Waals surface area contributed by atoms with Gasteiger partial charge >= 0.3 is 13.6 Å². The minimum Gasteiger partial charge on any atom is -0.308 e. The lowest BCUT2D eigenvalue weighted by molar-refractivity contribution is -0.177. The maximum atomic E-state index is 10.9. The molecule has 0 spiro atoms. The van der Waals surface area contributed by atoms with Crippen LogP contribution in [0.25, 0.3) is 0 Å². The Morgan fingerprint density at radius 1 is 1.25 bits per heavy atom. The van der Waals surface area contributed by atoms with Crippen LogP contribution in [0.15, 0.2) is 0 Å². The fourth-order valence-electron chi connectivity index (χ4n) is 0.943. The van der Waals surface area contributed by atoms with Crippen molar-refractivity contribution in [3.8, 4) is 0 Å². The van der Waals surface area contributed by atoms with E-state index in [1.54, 1.807) is 20.8 Å². The fourth-order valence-corrected chi connectivity index (χ4v) is 1.69. The van der Waals surface area contributed by atoms with Crippen LogP contribution in [-0.4, -0.2) is 23.6 Å². The van der Waals surface area contributed by atoms with Gasteiger partial charge in [0.15, 0.2) is 0 Å². The lowest BCUT2D eigenvalue weighted by atomic mass is 10.4. The molecule has 0 rings (SSSR count). The van der Waals surface area contributed by atoms with Crippen LogP contribution in [0.5, 0.6) is 0 Å². The molecule has 0 amide bonds. The van der Waals surface area contributed by atoms with Gasteiger partial charge in [0.1, 0.15) is 0 Å². The third-order valence-corrected chi connectivity index (χ3v) is 2.64. The van der Waals surface area contributed by atoms with Gasteiger partial charge in [0.05, 0.1) is 19.6 Å². The van der Waals surface area contributed by atoms with E-state index in [1.807, 2.05) is 0 Å². The molecule has 0 aliphatic rings. The van der Waals surface area contributed by atoms with E-state index in [4.69, 9.17) is 14.4 Å². The van der Waals surface area contributed by atoms with Gasteiger partial charge in [-0.05, 0) is 18.4 Å². The molecule has 1 N–H and O–H groups in total. The van der Waals surface area contributed by atoms with Crippen molar-refractivity contribution in [3.05, 3.63) is 0 Å². The van der Waals surface area contributed by atoms with Crippen LogP contribution in [0.2, 0.25) is 0 Å². The smallest absolute Gasteiger partial charge is 0.308 e. The van der Waals surface area contributed by atoms with Crippen LogP contribution >= 0.6 is 8.03 Å².